The van der Waals surface area contributed by atoms with Gasteiger partial charge in [0.05, 0.1) is 12.2 Å². The van der Waals surface area contributed by atoms with Crippen molar-refractivity contribution in [2.24, 2.45) is 0 Å². The quantitative estimate of drug-likeness (QED) is 0.500. The number of carbonyl (C=O) groups excluding carboxylic acids is 2. The van der Waals surface area contributed by atoms with E-state index in [1.54, 1.807) is 0 Å². The zero-order valence-electron chi connectivity index (χ0n) is 17.0. The molecule has 0 spiro atoms. The second-order valence-electron chi connectivity index (χ2n) is 7.73. The topological polar surface area (TPSA) is 99.8 Å². The van der Waals surface area contributed by atoms with Crippen molar-refractivity contribution in [2.45, 2.75) is 51.0 Å². The van der Waals surface area contributed by atoms with Gasteiger partial charge in [-0.25, -0.2) is 4.98 Å². The highest BCUT2D eigenvalue weighted by atomic mass is 16.2. The normalized spacial score (nSPS) is 15.5. The number of nitrogens with zero attached hydrogens (tertiary/aromatic N) is 2. The van der Waals surface area contributed by atoms with E-state index in [1.807, 2.05) is 6.07 Å². The summed E-state index contributed by atoms with van der Waals surface area (Å²) in [6.45, 7) is 0.568. The first kappa shape index (κ1) is 20.1. The van der Waals surface area contributed by atoms with E-state index in [-0.39, 0.29) is 17.9 Å². The van der Waals surface area contributed by atoms with Crippen LogP contribution in [0.25, 0.3) is 10.9 Å². The number of nitrogens with one attached hydrogen (secondary N) is 3. The van der Waals surface area contributed by atoms with Crippen LogP contribution in [0.1, 0.15) is 66.3 Å². The van der Waals surface area contributed by atoms with Crippen molar-refractivity contribution < 1.29 is 9.59 Å². The van der Waals surface area contributed by atoms with Gasteiger partial charge >= 0.3 is 0 Å². The van der Waals surface area contributed by atoms with Gasteiger partial charge in [0.25, 0.3) is 5.91 Å². The first-order valence-corrected chi connectivity index (χ1v) is 10.7. The van der Waals surface area contributed by atoms with Crippen LogP contribution in [0, 0.1) is 0 Å². The SMILES string of the molecule is O=C(CCCCCNC(=O)c1cnccn1)N[C@@H]1CCCc2c1[nH]c1ccccc21. The smallest absolute Gasteiger partial charge is 0.271 e. The number of amides is 2. The van der Waals surface area contributed by atoms with E-state index >= 15 is 0 Å². The predicted octanol–water partition coefficient (Wildman–Crippen LogP) is 3.44. The van der Waals surface area contributed by atoms with Crippen molar-refractivity contribution in [3.05, 3.63) is 59.8 Å². The third kappa shape index (κ3) is 4.67. The first-order valence-electron chi connectivity index (χ1n) is 10.7. The molecule has 0 bridgehead atoms. The molecule has 0 saturated heterocycles. The Bertz CT molecular complexity index is 1010. The molecule has 2 aromatic heterocycles. The lowest BCUT2D eigenvalue weighted by atomic mass is 9.91. The molecule has 1 aromatic carbocycles. The summed E-state index contributed by atoms with van der Waals surface area (Å²) in [5, 5.41) is 7.31. The molecule has 0 saturated carbocycles. The van der Waals surface area contributed by atoms with E-state index in [0.717, 1.165) is 44.0 Å². The minimum absolute atomic E-state index is 0.0694. The Labute approximate surface area is 175 Å². The van der Waals surface area contributed by atoms with Crippen molar-refractivity contribution in [3.8, 4) is 0 Å². The maximum Gasteiger partial charge on any atom is 0.271 e. The van der Waals surface area contributed by atoms with Crippen molar-refractivity contribution in [1.29, 1.82) is 0 Å². The molecule has 1 aliphatic rings. The summed E-state index contributed by atoms with van der Waals surface area (Å²) in [5.41, 5.74) is 3.98. The zero-order valence-corrected chi connectivity index (χ0v) is 17.0. The number of aromatic amines is 1. The number of aryl methyl sites for hydroxylation is 1. The molecular weight excluding hydrogens is 378 g/mol. The number of H-pyrrole nitrogens is 1. The van der Waals surface area contributed by atoms with Gasteiger partial charge < -0.3 is 15.6 Å². The molecule has 1 atom stereocenters. The van der Waals surface area contributed by atoms with E-state index in [2.05, 4.69) is 43.8 Å². The Morgan fingerprint density at radius 1 is 1.13 bits per heavy atom. The molecule has 0 fully saturated rings. The molecule has 0 aliphatic heterocycles. The molecule has 4 rings (SSSR count). The number of unbranched alkanes of at least 4 members (excludes halogenated alkanes) is 2. The molecule has 7 heteroatoms. The number of rotatable bonds is 8. The second kappa shape index (κ2) is 9.52. The summed E-state index contributed by atoms with van der Waals surface area (Å²) in [4.78, 5) is 35.7. The van der Waals surface area contributed by atoms with Crippen LogP contribution in [0.3, 0.4) is 0 Å². The van der Waals surface area contributed by atoms with Gasteiger partial charge in [-0.05, 0) is 43.7 Å². The van der Waals surface area contributed by atoms with Crippen LogP contribution in [0.15, 0.2) is 42.9 Å². The van der Waals surface area contributed by atoms with Crippen molar-refractivity contribution in [2.75, 3.05) is 6.54 Å². The molecule has 30 heavy (non-hydrogen) atoms. The van der Waals surface area contributed by atoms with Crippen LogP contribution in [0.2, 0.25) is 0 Å². The van der Waals surface area contributed by atoms with E-state index < -0.39 is 0 Å². The van der Waals surface area contributed by atoms with Crippen LogP contribution in [0.5, 0.6) is 0 Å². The molecule has 2 amide bonds. The summed E-state index contributed by atoms with van der Waals surface area (Å²) < 4.78 is 0. The summed E-state index contributed by atoms with van der Waals surface area (Å²) in [5.74, 6) is -0.123. The average Bonchev–Trinajstić information content (AvgIpc) is 3.16. The maximum absolute atomic E-state index is 12.5. The lowest BCUT2D eigenvalue weighted by Crippen LogP contribution is -2.30. The molecule has 0 unspecified atom stereocenters. The first-order chi connectivity index (χ1) is 14.7. The number of para-hydroxylation sites is 1. The minimum atomic E-state index is -0.215. The number of carbonyl (C=O) groups is 2. The Morgan fingerprint density at radius 2 is 2.03 bits per heavy atom. The Kier molecular flexibility index (Phi) is 6.37. The lowest BCUT2D eigenvalue weighted by Gasteiger charge is -2.24. The standard InChI is InChI=1S/C23H27N5O2/c29-21(11-2-1-5-12-26-23(30)20-15-24-13-14-25-20)27-19-10-6-8-17-16-7-3-4-9-18(16)28-22(17)19/h3-4,7,9,13-15,19,28H,1-2,5-6,8,10-12H2,(H,26,30)(H,27,29)/t19-/m1/s1. The highest BCUT2D eigenvalue weighted by molar-refractivity contribution is 5.91. The Hall–Kier alpha value is -3.22. The summed E-state index contributed by atoms with van der Waals surface area (Å²) >= 11 is 0. The van der Waals surface area contributed by atoms with E-state index in [9.17, 15) is 9.59 Å². The summed E-state index contributed by atoms with van der Waals surface area (Å²) in [7, 11) is 0. The van der Waals surface area contributed by atoms with E-state index in [4.69, 9.17) is 0 Å². The van der Waals surface area contributed by atoms with Crippen LogP contribution in [-0.2, 0) is 11.2 Å². The van der Waals surface area contributed by atoms with Crippen molar-refractivity contribution in [1.82, 2.24) is 25.6 Å². The van der Waals surface area contributed by atoms with Gasteiger partial charge in [0, 0.05) is 42.0 Å². The molecule has 3 N–H and O–H groups in total. The monoisotopic (exact) mass is 405 g/mol. The highest BCUT2D eigenvalue weighted by Crippen LogP contribution is 2.34. The fraction of sp³-hybridized carbons (Fsp3) is 0.391. The largest absolute Gasteiger partial charge is 0.356 e. The molecule has 0 radical (unpaired) electrons. The van der Waals surface area contributed by atoms with Gasteiger partial charge in [0.2, 0.25) is 5.91 Å². The lowest BCUT2D eigenvalue weighted by molar-refractivity contribution is -0.122. The highest BCUT2D eigenvalue weighted by Gasteiger charge is 2.25. The molecule has 156 valence electrons. The van der Waals surface area contributed by atoms with Crippen LogP contribution in [0.4, 0.5) is 0 Å². The number of hydrogen-bond donors (Lipinski definition) is 3. The molecular formula is C23H27N5O2. The average molecular weight is 406 g/mol. The van der Waals surface area contributed by atoms with Gasteiger partial charge in [-0.2, -0.15) is 0 Å². The van der Waals surface area contributed by atoms with Crippen molar-refractivity contribution in [3.63, 3.8) is 0 Å². The van der Waals surface area contributed by atoms with E-state index in [0.29, 0.717) is 18.7 Å². The van der Waals surface area contributed by atoms with E-state index in [1.165, 1.54) is 35.2 Å². The van der Waals surface area contributed by atoms with Gasteiger partial charge in [0.15, 0.2) is 0 Å². The predicted molar refractivity (Wildman–Crippen MR) is 115 cm³/mol. The summed E-state index contributed by atoms with van der Waals surface area (Å²) in [6.07, 6.45) is 10.6. The van der Waals surface area contributed by atoms with Gasteiger partial charge in [-0.15, -0.1) is 0 Å². The van der Waals surface area contributed by atoms with Crippen LogP contribution >= 0.6 is 0 Å². The number of hydrogen-bond acceptors (Lipinski definition) is 4. The number of benzene rings is 1. The fourth-order valence-electron chi connectivity index (χ4n) is 4.12. The number of fused-ring (bicyclic) bond motifs is 3. The van der Waals surface area contributed by atoms with Crippen LogP contribution < -0.4 is 10.6 Å². The van der Waals surface area contributed by atoms with Gasteiger partial charge in [-0.1, -0.05) is 24.6 Å². The summed E-state index contributed by atoms with van der Waals surface area (Å²) in [6, 6.07) is 8.41. The molecule has 1 aliphatic carbocycles. The third-order valence-corrected chi connectivity index (χ3v) is 5.61. The van der Waals surface area contributed by atoms with Gasteiger partial charge in [-0.3, -0.25) is 14.6 Å². The third-order valence-electron chi connectivity index (χ3n) is 5.61. The van der Waals surface area contributed by atoms with Crippen molar-refractivity contribution >= 4 is 22.7 Å². The Balaban J connectivity index is 1.19. The Morgan fingerprint density at radius 3 is 2.90 bits per heavy atom. The molecule has 2 heterocycles. The minimum Gasteiger partial charge on any atom is -0.356 e. The van der Waals surface area contributed by atoms with Gasteiger partial charge in [0.1, 0.15) is 5.69 Å². The molecule has 7 nitrogen and oxygen atoms in total. The fourth-order valence-corrected chi connectivity index (χ4v) is 4.12. The number of aromatic nitrogens is 3. The second-order valence-corrected chi connectivity index (χ2v) is 7.73. The van der Waals surface area contributed by atoms with Crippen LogP contribution in [-0.4, -0.2) is 33.3 Å². The maximum atomic E-state index is 12.5. The zero-order chi connectivity index (χ0) is 20.8. The molecule has 3 aromatic rings.